The molecule has 0 amide bonds. The molecule has 6 heteroatoms. The highest BCUT2D eigenvalue weighted by atomic mass is 16.2. The lowest BCUT2D eigenvalue weighted by atomic mass is 10.2. The van der Waals surface area contributed by atoms with E-state index in [1.54, 1.807) is 33.4 Å². The van der Waals surface area contributed by atoms with Crippen molar-refractivity contribution in [3.8, 4) is 11.4 Å². The van der Waals surface area contributed by atoms with Gasteiger partial charge in [-0.3, -0.25) is 13.9 Å². The van der Waals surface area contributed by atoms with E-state index in [1.807, 2.05) is 106 Å². The Morgan fingerprint density at radius 3 is 1.42 bits per heavy atom. The topological polar surface area (TPSA) is 73.4 Å². The second kappa shape index (κ2) is 14.9. The van der Waals surface area contributed by atoms with Crippen molar-refractivity contribution < 1.29 is 4.79 Å². The lowest BCUT2D eigenvalue weighted by Crippen LogP contribution is -2.23. The van der Waals surface area contributed by atoms with Crippen LogP contribution in [0.4, 0.5) is 5.69 Å². The van der Waals surface area contributed by atoms with Crippen molar-refractivity contribution in [2.24, 2.45) is 4.99 Å². The van der Waals surface area contributed by atoms with Gasteiger partial charge in [0.15, 0.2) is 5.43 Å². The number of aliphatic imine (C=N–C) groups is 1. The summed E-state index contributed by atoms with van der Waals surface area (Å²) in [5, 5.41) is 0. The third-order valence-electron chi connectivity index (χ3n) is 6.60. The molecule has 0 N–H and O–H groups in total. The van der Waals surface area contributed by atoms with Gasteiger partial charge in [0.25, 0.3) is 0 Å². The lowest BCUT2D eigenvalue weighted by Gasteiger charge is -2.05. The van der Waals surface area contributed by atoms with Crippen molar-refractivity contribution in [2.75, 3.05) is 0 Å². The maximum absolute atomic E-state index is 13.3. The molecule has 4 aromatic carbocycles. The molecule has 0 atom stereocenters. The fourth-order valence-electron chi connectivity index (χ4n) is 4.34. The highest BCUT2D eigenvalue weighted by molar-refractivity contribution is 5.67. The second-order valence-electron chi connectivity index (χ2n) is 9.98. The molecule has 0 saturated heterocycles. The van der Waals surface area contributed by atoms with Crippen molar-refractivity contribution in [3.63, 3.8) is 0 Å². The Labute approximate surface area is 251 Å². The van der Waals surface area contributed by atoms with Gasteiger partial charge < -0.3 is 0 Å². The van der Waals surface area contributed by atoms with Crippen molar-refractivity contribution in [2.45, 2.75) is 27.2 Å². The summed E-state index contributed by atoms with van der Waals surface area (Å²) in [6.07, 6.45) is 10.6. The molecule has 1 aliphatic rings. The Hall–Kier alpha value is -5.58. The lowest BCUT2D eigenvalue weighted by molar-refractivity contribution is 0.565. The number of benzene rings is 3. The van der Waals surface area contributed by atoms with Crippen LogP contribution in [0.3, 0.4) is 0 Å². The Morgan fingerprint density at radius 1 is 0.581 bits per heavy atom. The van der Waals surface area contributed by atoms with Gasteiger partial charge in [0.05, 0.1) is 28.5 Å². The van der Waals surface area contributed by atoms with Crippen LogP contribution in [0.1, 0.15) is 34.5 Å². The predicted molar refractivity (Wildman–Crippen MR) is 175 cm³/mol. The second-order valence-corrected chi connectivity index (χ2v) is 9.98. The molecule has 0 aliphatic heterocycles. The molecule has 214 valence electrons. The summed E-state index contributed by atoms with van der Waals surface area (Å²) in [6.45, 7) is 6.08. The number of allylic oxidation sites excluding steroid dienone is 2. The molecule has 5 aromatic rings. The Kier molecular flexibility index (Phi) is 10.5. The SMILES string of the molecule is Cc1ccc(-n2c3c(n(-c4ccc(C)cc4)c2=O)C=CCC=C3)cc1.Cc1ccc(N=C=O)cc1.O=c1cccccc1. The largest absolute Gasteiger partial charge is 0.338 e. The minimum Gasteiger partial charge on any atom is -0.290 e. The quantitative estimate of drug-likeness (QED) is 0.166. The molecule has 0 fully saturated rings. The minimum atomic E-state index is -0.0473. The zero-order valence-corrected chi connectivity index (χ0v) is 24.5. The maximum atomic E-state index is 13.3. The fraction of sp³-hybridized carbons (Fsp3) is 0.108. The van der Waals surface area contributed by atoms with E-state index in [9.17, 15) is 14.4 Å². The van der Waals surface area contributed by atoms with Crippen LogP contribution in [0, 0.1) is 20.8 Å². The number of aryl methyl sites for hydroxylation is 3. The molecule has 0 spiro atoms. The summed E-state index contributed by atoms with van der Waals surface area (Å²) in [7, 11) is 0. The number of imidazole rings is 1. The standard InChI is InChI=1S/C22H20N2O.C8H7NO.C7H6O/c1-16-8-12-18(13-9-16)23-20-6-4-3-5-7-21(20)24(22(23)25)19-14-10-17(2)11-15-19;1-7-2-4-8(5-3-7)9-6-10;8-7-5-3-1-2-4-6-7/h4-15H,3H2,1-2H3;2-5H,1H3;1-6H. The number of fused-ring (bicyclic) bond motifs is 1. The molecule has 43 heavy (non-hydrogen) atoms. The van der Waals surface area contributed by atoms with Gasteiger partial charge in [0.2, 0.25) is 6.08 Å². The average Bonchev–Trinajstić information content (AvgIpc) is 3.24. The molecule has 0 saturated carbocycles. The summed E-state index contributed by atoms with van der Waals surface area (Å²) in [4.78, 5) is 37.0. The van der Waals surface area contributed by atoms with Crippen LogP contribution in [0.2, 0.25) is 0 Å². The molecule has 0 unspecified atom stereocenters. The first kappa shape index (κ1) is 30.4. The van der Waals surface area contributed by atoms with Crippen molar-refractivity contribution in [3.05, 3.63) is 170 Å². The predicted octanol–water partition coefficient (Wildman–Crippen LogP) is 7.68. The van der Waals surface area contributed by atoms with Crippen molar-refractivity contribution in [1.82, 2.24) is 9.13 Å². The molecule has 0 radical (unpaired) electrons. The van der Waals surface area contributed by atoms with E-state index in [2.05, 4.69) is 17.1 Å². The number of rotatable bonds is 3. The summed E-state index contributed by atoms with van der Waals surface area (Å²) in [6, 6.07) is 33.6. The van der Waals surface area contributed by atoms with Crippen LogP contribution < -0.4 is 11.1 Å². The summed E-state index contributed by atoms with van der Waals surface area (Å²) in [5.41, 5.74) is 7.78. The van der Waals surface area contributed by atoms with Crippen LogP contribution in [-0.2, 0) is 4.79 Å². The zero-order chi connectivity index (χ0) is 30.6. The van der Waals surface area contributed by atoms with Gasteiger partial charge >= 0.3 is 5.69 Å². The molecule has 1 aliphatic carbocycles. The summed E-state index contributed by atoms with van der Waals surface area (Å²) >= 11 is 0. The van der Waals surface area contributed by atoms with Gasteiger partial charge in [-0.2, -0.15) is 4.99 Å². The molecule has 6 rings (SSSR count). The summed E-state index contributed by atoms with van der Waals surface area (Å²) < 4.78 is 3.58. The molecule has 6 nitrogen and oxygen atoms in total. The van der Waals surface area contributed by atoms with E-state index in [0.717, 1.165) is 34.7 Å². The van der Waals surface area contributed by atoms with Crippen LogP contribution in [-0.4, -0.2) is 15.2 Å². The van der Waals surface area contributed by atoms with Gasteiger partial charge in [0, 0.05) is 0 Å². The first-order valence-electron chi connectivity index (χ1n) is 13.9. The Bertz CT molecular complexity index is 1780. The Morgan fingerprint density at radius 2 is 1.00 bits per heavy atom. The van der Waals surface area contributed by atoms with E-state index in [0.29, 0.717) is 5.69 Å². The average molecular weight is 568 g/mol. The van der Waals surface area contributed by atoms with Gasteiger partial charge in [-0.05, 0) is 87.9 Å². The minimum absolute atomic E-state index is 0.0473. The van der Waals surface area contributed by atoms with Crippen LogP contribution in [0.5, 0.6) is 0 Å². The van der Waals surface area contributed by atoms with Gasteiger partial charge in [-0.25, -0.2) is 9.59 Å². The smallest absolute Gasteiger partial charge is 0.290 e. The number of aromatic nitrogens is 2. The Balaban J connectivity index is 0.000000192. The molecular weight excluding hydrogens is 534 g/mol. The first-order valence-corrected chi connectivity index (χ1v) is 13.9. The van der Waals surface area contributed by atoms with Gasteiger partial charge in [0.1, 0.15) is 0 Å². The van der Waals surface area contributed by atoms with E-state index in [4.69, 9.17) is 0 Å². The maximum Gasteiger partial charge on any atom is 0.338 e. The fourth-order valence-corrected chi connectivity index (χ4v) is 4.34. The monoisotopic (exact) mass is 567 g/mol. The zero-order valence-electron chi connectivity index (χ0n) is 24.5. The molecule has 1 aromatic heterocycles. The normalized spacial score (nSPS) is 11.0. The van der Waals surface area contributed by atoms with Crippen LogP contribution in [0.25, 0.3) is 23.5 Å². The van der Waals surface area contributed by atoms with Crippen molar-refractivity contribution >= 4 is 23.9 Å². The number of carbonyl (C=O) groups excluding carboxylic acids is 1. The van der Waals surface area contributed by atoms with Crippen LogP contribution >= 0.6 is 0 Å². The van der Waals surface area contributed by atoms with Crippen molar-refractivity contribution in [1.29, 1.82) is 0 Å². The third kappa shape index (κ3) is 8.23. The molecule has 1 heterocycles. The number of isocyanates is 1. The van der Waals surface area contributed by atoms with E-state index in [1.165, 1.54) is 29.3 Å². The summed E-state index contributed by atoms with van der Waals surface area (Å²) in [5.74, 6) is 0. The van der Waals surface area contributed by atoms with Gasteiger partial charge in [-0.15, -0.1) is 0 Å². The molecule has 0 bridgehead atoms. The van der Waals surface area contributed by atoms with E-state index in [-0.39, 0.29) is 11.1 Å². The molecular formula is C37H33N3O3. The van der Waals surface area contributed by atoms with E-state index < -0.39 is 0 Å². The third-order valence-corrected chi connectivity index (χ3v) is 6.60. The first-order chi connectivity index (χ1) is 20.9. The van der Waals surface area contributed by atoms with Gasteiger partial charge in [-0.1, -0.05) is 89.5 Å². The number of nitrogens with zero attached hydrogens (tertiary/aromatic N) is 3. The highest BCUT2D eigenvalue weighted by Crippen LogP contribution is 2.23. The van der Waals surface area contributed by atoms with E-state index >= 15 is 0 Å². The highest BCUT2D eigenvalue weighted by Gasteiger charge is 2.19. The number of hydrogen-bond donors (Lipinski definition) is 0. The van der Waals surface area contributed by atoms with Crippen LogP contribution in [0.15, 0.2) is 136 Å². The number of hydrogen-bond acceptors (Lipinski definition) is 4.